The highest BCUT2D eigenvalue weighted by atomic mass is 32.1. The number of benzene rings is 1. The Morgan fingerprint density at radius 1 is 1.25 bits per heavy atom. The van der Waals surface area contributed by atoms with Crippen LogP contribution in [0.3, 0.4) is 0 Å². The van der Waals surface area contributed by atoms with E-state index in [4.69, 9.17) is 15.0 Å². The van der Waals surface area contributed by atoms with Crippen LogP contribution in [0.25, 0.3) is 21.8 Å². The molecule has 0 aliphatic carbocycles. The minimum atomic E-state index is 0.401. The van der Waals surface area contributed by atoms with E-state index in [1.807, 2.05) is 48.7 Å². The van der Waals surface area contributed by atoms with Gasteiger partial charge in [-0.2, -0.15) is 0 Å². The number of ether oxygens (including phenoxy) is 1. The van der Waals surface area contributed by atoms with Crippen molar-refractivity contribution in [3.8, 4) is 27.5 Å². The van der Waals surface area contributed by atoms with E-state index in [2.05, 4.69) is 5.16 Å². The normalized spacial score (nSPS) is 10.7. The minimum absolute atomic E-state index is 0.401. The van der Waals surface area contributed by atoms with Gasteiger partial charge in [-0.15, -0.1) is 11.3 Å². The van der Waals surface area contributed by atoms with Crippen molar-refractivity contribution in [2.24, 2.45) is 0 Å². The van der Waals surface area contributed by atoms with E-state index in [1.54, 1.807) is 11.3 Å². The number of anilines is 1. The molecular weight excluding hydrogens is 272 g/mol. The molecule has 3 rings (SSSR count). The second kappa shape index (κ2) is 5.38. The highest BCUT2D eigenvalue weighted by Gasteiger charge is 2.18. The molecule has 2 heterocycles. The second-order valence-electron chi connectivity index (χ2n) is 4.21. The molecule has 0 spiro atoms. The fraction of sp³-hybridized carbons (Fsp3) is 0.133. The van der Waals surface area contributed by atoms with Gasteiger partial charge in [-0.25, -0.2) is 0 Å². The van der Waals surface area contributed by atoms with E-state index in [9.17, 15) is 0 Å². The summed E-state index contributed by atoms with van der Waals surface area (Å²) in [4.78, 5) is 1.01. The Bertz CT molecular complexity index is 687. The molecule has 3 aromatic rings. The standard InChI is InChI=1S/C15H14N2O2S/c1-2-18-11-7-5-10(6-8-11)13-14(19-17-15(13)16)12-4-3-9-20-12/h3-9H,2H2,1H3,(H2,16,17). The average molecular weight is 286 g/mol. The van der Waals surface area contributed by atoms with Crippen LogP contribution in [0.4, 0.5) is 5.82 Å². The maximum absolute atomic E-state index is 5.94. The van der Waals surface area contributed by atoms with Gasteiger partial charge in [-0.05, 0) is 36.1 Å². The topological polar surface area (TPSA) is 61.3 Å². The zero-order chi connectivity index (χ0) is 13.9. The number of aromatic nitrogens is 1. The van der Waals surface area contributed by atoms with Gasteiger partial charge >= 0.3 is 0 Å². The third-order valence-electron chi connectivity index (χ3n) is 2.92. The molecule has 0 aliphatic rings. The monoisotopic (exact) mass is 286 g/mol. The van der Waals surface area contributed by atoms with Crippen molar-refractivity contribution in [2.75, 3.05) is 12.3 Å². The summed E-state index contributed by atoms with van der Waals surface area (Å²) in [5.41, 5.74) is 7.74. The summed E-state index contributed by atoms with van der Waals surface area (Å²) < 4.78 is 10.8. The molecule has 0 atom stereocenters. The summed E-state index contributed by atoms with van der Waals surface area (Å²) in [6.45, 7) is 2.61. The Labute approximate surface area is 120 Å². The molecule has 4 nitrogen and oxygen atoms in total. The lowest BCUT2D eigenvalue weighted by atomic mass is 10.0. The van der Waals surface area contributed by atoms with E-state index >= 15 is 0 Å². The van der Waals surface area contributed by atoms with Crippen molar-refractivity contribution < 1.29 is 9.26 Å². The van der Waals surface area contributed by atoms with Crippen LogP contribution in [-0.4, -0.2) is 11.8 Å². The number of nitrogen functional groups attached to an aromatic ring is 1. The van der Waals surface area contributed by atoms with Crippen molar-refractivity contribution in [3.63, 3.8) is 0 Å². The van der Waals surface area contributed by atoms with Crippen LogP contribution in [0.5, 0.6) is 5.75 Å². The minimum Gasteiger partial charge on any atom is -0.494 e. The Kier molecular flexibility index (Phi) is 3.43. The molecule has 2 aromatic heterocycles. The molecule has 0 radical (unpaired) electrons. The molecule has 0 fully saturated rings. The maximum atomic E-state index is 5.94. The molecule has 0 unspecified atom stereocenters. The predicted molar refractivity (Wildman–Crippen MR) is 80.8 cm³/mol. The van der Waals surface area contributed by atoms with Gasteiger partial charge in [0.25, 0.3) is 0 Å². The first kappa shape index (κ1) is 12.7. The second-order valence-corrected chi connectivity index (χ2v) is 5.15. The number of nitrogens with two attached hydrogens (primary N) is 1. The van der Waals surface area contributed by atoms with Crippen LogP contribution in [-0.2, 0) is 0 Å². The van der Waals surface area contributed by atoms with Crippen LogP contribution in [0.2, 0.25) is 0 Å². The molecule has 0 bridgehead atoms. The number of hydrogen-bond donors (Lipinski definition) is 1. The van der Waals surface area contributed by atoms with Gasteiger partial charge in [-0.1, -0.05) is 23.4 Å². The molecular formula is C15H14N2O2S. The number of hydrogen-bond acceptors (Lipinski definition) is 5. The Hall–Kier alpha value is -2.27. The number of rotatable bonds is 4. The first-order chi connectivity index (χ1) is 9.79. The fourth-order valence-electron chi connectivity index (χ4n) is 2.04. The van der Waals surface area contributed by atoms with Crippen molar-refractivity contribution >= 4 is 17.2 Å². The third-order valence-corrected chi connectivity index (χ3v) is 3.79. The first-order valence-corrected chi connectivity index (χ1v) is 7.20. The van der Waals surface area contributed by atoms with Crippen molar-refractivity contribution in [1.29, 1.82) is 0 Å². The summed E-state index contributed by atoms with van der Waals surface area (Å²) >= 11 is 1.60. The van der Waals surface area contributed by atoms with Crippen molar-refractivity contribution in [1.82, 2.24) is 5.16 Å². The van der Waals surface area contributed by atoms with E-state index < -0.39 is 0 Å². The molecule has 0 aliphatic heterocycles. The van der Waals surface area contributed by atoms with E-state index in [0.29, 0.717) is 18.2 Å². The molecule has 2 N–H and O–H groups in total. The molecule has 20 heavy (non-hydrogen) atoms. The molecule has 1 aromatic carbocycles. The smallest absolute Gasteiger partial charge is 0.186 e. The van der Waals surface area contributed by atoms with Gasteiger partial charge in [0.05, 0.1) is 17.0 Å². The Balaban J connectivity index is 2.03. The van der Waals surface area contributed by atoms with Gasteiger partial charge in [0.15, 0.2) is 11.6 Å². The Morgan fingerprint density at radius 3 is 2.70 bits per heavy atom. The van der Waals surface area contributed by atoms with Crippen LogP contribution in [0.1, 0.15) is 6.92 Å². The lowest BCUT2D eigenvalue weighted by Crippen LogP contribution is -1.92. The number of nitrogens with zero attached hydrogens (tertiary/aromatic N) is 1. The number of thiophene rings is 1. The van der Waals surface area contributed by atoms with Gasteiger partial charge < -0.3 is 15.0 Å². The Morgan fingerprint density at radius 2 is 2.05 bits per heavy atom. The van der Waals surface area contributed by atoms with Gasteiger partial charge in [0.1, 0.15) is 5.75 Å². The summed E-state index contributed by atoms with van der Waals surface area (Å²) in [6, 6.07) is 11.7. The van der Waals surface area contributed by atoms with Gasteiger partial charge in [0, 0.05) is 0 Å². The zero-order valence-corrected chi connectivity index (χ0v) is 11.8. The SMILES string of the molecule is CCOc1ccc(-c2c(N)noc2-c2cccs2)cc1. The van der Waals surface area contributed by atoms with Crippen LogP contribution in [0.15, 0.2) is 46.3 Å². The van der Waals surface area contributed by atoms with E-state index in [-0.39, 0.29) is 0 Å². The van der Waals surface area contributed by atoms with E-state index in [0.717, 1.165) is 21.8 Å². The molecule has 0 amide bonds. The van der Waals surface area contributed by atoms with Crippen LogP contribution < -0.4 is 10.5 Å². The highest BCUT2D eigenvalue weighted by molar-refractivity contribution is 7.13. The van der Waals surface area contributed by atoms with Crippen LogP contribution in [0, 0.1) is 0 Å². The quantitative estimate of drug-likeness (QED) is 0.786. The third kappa shape index (κ3) is 2.28. The lowest BCUT2D eigenvalue weighted by Gasteiger charge is -2.05. The summed E-state index contributed by atoms with van der Waals surface area (Å²) in [5.74, 6) is 1.95. The van der Waals surface area contributed by atoms with Crippen molar-refractivity contribution in [3.05, 3.63) is 41.8 Å². The molecule has 0 saturated heterocycles. The lowest BCUT2D eigenvalue weighted by molar-refractivity contribution is 0.340. The zero-order valence-electron chi connectivity index (χ0n) is 11.0. The first-order valence-electron chi connectivity index (χ1n) is 6.32. The van der Waals surface area contributed by atoms with Gasteiger partial charge in [0.2, 0.25) is 0 Å². The average Bonchev–Trinajstić information content (AvgIpc) is 3.09. The molecule has 102 valence electrons. The van der Waals surface area contributed by atoms with Crippen molar-refractivity contribution in [2.45, 2.75) is 6.92 Å². The summed E-state index contributed by atoms with van der Waals surface area (Å²) in [7, 11) is 0. The maximum Gasteiger partial charge on any atom is 0.186 e. The largest absolute Gasteiger partial charge is 0.494 e. The molecule has 5 heteroatoms. The molecule has 0 saturated carbocycles. The predicted octanol–water partition coefficient (Wildman–Crippen LogP) is 4.05. The van der Waals surface area contributed by atoms with E-state index in [1.165, 1.54) is 0 Å². The van der Waals surface area contributed by atoms with Gasteiger partial charge in [-0.3, -0.25) is 0 Å². The fourth-order valence-corrected chi connectivity index (χ4v) is 2.75. The van der Waals surface area contributed by atoms with Crippen LogP contribution >= 0.6 is 11.3 Å². The highest BCUT2D eigenvalue weighted by Crippen LogP contribution is 2.38. The summed E-state index contributed by atoms with van der Waals surface area (Å²) in [6.07, 6.45) is 0. The summed E-state index contributed by atoms with van der Waals surface area (Å²) in [5, 5.41) is 5.88.